The maximum absolute atomic E-state index is 12.5. The van der Waals surface area contributed by atoms with Gasteiger partial charge in [-0.1, -0.05) is 42.5 Å². The Balaban J connectivity index is 1.69. The fourth-order valence-electron chi connectivity index (χ4n) is 2.76. The highest BCUT2D eigenvalue weighted by atomic mass is 16.5. The molecule has 1 atom stereocenters. The Labute approximate surface area is 153 Å². The third kappa shape index (κ3) is 4.70. The zero-order valence-corrected chi connectivity index (χ0v) is 14.7. The summed E-state index contributed by atoms with van der Waals surface area (Å²) in [7, 11) is 1.63. The Bertz CT molecular complexity index is 795. The van der Waals surface area contributed by atoms with Crippen LogP contribution in [-0.2, 0) is 16.0 Å². The van der Waals surface area contributed by atoms with E-state index in [1.165, 1.54) is 0 Å². The van der Waals surface area contributed by atoms with Crippen molar-refractivity contribution in [1.29, 1.82) is 0 Å². The van der Waals surface area contributed by atoms with Gasteiger partial charge in [-0.25, -0.2) is 0 Å². The summed E-state index contributed by atoms with van der Waals surface area (Å²) in [6.45, 7) is 0. The SMILES string of the molecule is COc1cccc(CCC(=O)OC(c2ccccc2)c2ccncc2)c1. The molecule has 0 radical (unpaired) electrons. The minimum absolute atomic E-state index is 0.238. The van der Waals surface area contributed by atoms with Crippen molar-refractivity contribution in [2.45, 2.75) is 18.9 Å². The van der Waals surface area contributed by atoms with Gasteiger partial charge in [0.1, 0.15) is 5.75 Å². The first-order valence-corrected chi connectivity index (χ1v) is 8.53. The summed E-state index contributed by atoms with van der Waals surface area (Å²) >= 11 is 0. The summed E-state index contributed by atoms with van der Waals surface area (Å²) in [5.74, 6) is 0.549. The monoisotopic (exact) mass is 347 g/mol. The first kappa shape index (κ1) is 17.7. The van der Waals surface area contributed by atoms with Gasteiger partial charge < -0.3 is 9.47 Å². The lowest BCUT2D eigenvalue weighted by Crippen LogP contribution is -2.13. The van der Waals surface area contributed by atoms with Gasteiger partial charge >= 0.3 is 5.97 Å². The van der Waals surface area contributed by atoms with E-state index in [1.54, 1.807) is 19.5 Å². The second-order valence-corrected chi connectivity index (χ2v) is 5.91. The molecule has 0 aliphatic heterocycles. The van der Waals surface area contributed by atoms with E-state index in [2.05, 4.69) is 4.98 Å². The van der Waals surface area contributed by atoms with Crippen LogP contribution in [0.5, 0.6) is 5.75 Å². The minimum Gasteiger partial charge on any atom is -0.497 e. The maximum atomic E-state index is 12.5. The van der Waals surface area contributed by atoms with E-state index in [4.69, 9.17) is 9.47 Å². The van der Waals surface area contributed by atoms with Crippen molar-refractivity contribution < 1.29 is 14.3 Å². The van der Waals surface area contributed by atoms with E-state index in [0.29, 0.717) is 12.8 Å². The van der Waals surface area contributed by atoms with Crippen LogP contribution in [0.2, 0.25) is 0 Å². The number of carbonyl (C=O) groups is 1. The number of ether oxygens (including phenoxy) is 2. The standard InChI is InChI=1S/C22H21NO3/c1-25-20-9-5-6-17(16-20)10-11-21(24)26-22(18-7-3-2-4-8-18)19-12-14-23-15-13-19/h2-9,12-16,22H,10-11H2,1H3. The van der Waals surface area contributed by atoms with Gasteiger partial charge in [-0.05, 0) is 41.8 Å². The Morgan fingerprint density at radius 2 is 1.69 bits per heavy atom. The van der Waals surface area contributed by atoms with Crippen LogP contribution in [0.3, 0.4) is 0 Å². The molecule has 0 N–H and O–H groups in total. The predicted octanol–water partition coefficient (Wildman–Crippen LogP) is 4.36. The van der Waals surface area contributed by atoms with E-state index in [9.17, 15) is 4.79 Å². The van der Waals surface area contributed by atoms with Crippen LogP contribution in [-0.4, -0.2) is 18.1 Å². The molecule has 0 aliphatic carbocycles. The molecule has 2 aromatic carbocycles. The van der Waals surface area contributed by atoms with Crippen molar-refractivity contribution in [2.75, 3.05) is 7.11 Å². The first-order chi connectivity index (χ1) is 12.8. The van der Waals surface area contributed by atoms with Crippen molar-refractivity contribution in [3.63, 3.8) is 0 Å². The number of nitrogens with zero attached hydrogens (tertiary/aromatic N) is 1. The first-order valence-electron chi connectivity index (χ1n) is 8.53. The number of rotatable bonds is 7. The van der Waals surface area contributed by atoms with Gasteiger partial charge in [-0.15, -0.1) is 0 Å². The fourth-order valence-corrected chi connectivity index (χ4v) is 2.76. The maximum Gasteiger partial charge on any atom is 0.307 e. The normalized spacial score (nSPS) is 11.6. The number of methoxy groups -OCH3 is 1. The van der Waals surface area contributed by atoms with Crippen LogP contribution in [0.15, 0.2) is 79.1 Å². The Morgan fingerprint density at radius 3 is 2.42 bits per heavy atom. The fraction of sp³-hybridized carbons (Fsp3) is 0.182. The number of hydrogen-bond acceptors (Lipinski definition) is 4. The van der Waals surface area contributed by atoms with Crippen LogP contribution in [0.25, 0.3) is 0 Å². The van der Waals surface area contributed by atoms with Crippen molar-refractivity contribution in [2.24, 2.45) is 0 Å². The molecule has 0 amide bonds. The van der Waals surface area contributed by atoms with Gasteiger partial charge in [0.25, 0.3) is 0 Å². The third-order valence-corrected chi connectivity index (χ3v) is 4.11. The van der Waals surface area contributed by atoms with Gasteiger partial charge in [-0.2, -0.15) is 0 Å². The highest BCUT2D eigenvalue weighted by Crippen LogP contribution is 2.26. The van der Waals surface area contributed by atoms with Crippen LogP contribution in [0, 0.1) is 0 Å². The number of aromatic nitrogens is 1. The van der Waals surface area contributed by atoms with Gasteiger partial charge in [0, 0.05) is 24.4 Å². The zero-order valence-electron chi connectivity index (χ0n) is 14.7. The van der Waals surface area contributed by atoms with Crippen LogP contribution in [0.4, 0.5) is 0 Å². The molecule has 26 heavy (non-hydrogen) atoms. The van der Waals surface area contributed by atoms with Gasteiger partial charge in [0.05, 0.1) is 7.11 Å². The predicted molar refractivity (Wildman–Crippen MR) is 99.9 cm³/mol. The summed E-state index contributed by atoms with van der Waals surface area (Å²) in [5.41, 5.74) is 2.89. The molecule has 4 nitrogen and oxygen atoms in total. The van der Waals surface area contributed by atoms with Crippen LogP contribution < -0.4 is 4.74 Å². The average molecular weight is 347 g/mol. The van der Waals surface area contributed by atoms with Gasteiger partial charge in [0.15, 0.2) is 6.10 Å². The summed E-state index contributed by atoms with van der Waals surface area (Å²) < 4.78 is 11.0. The molecule has 0 aliphatic rings. The van der Waals surface area contributed by atoms with Crippen LogP contribution in [0.1, 0.15) is 29.2 Å². The molecule has 1 heterocycles. The second-order valence-electron chi connectivity index (χ2n) is 5.91. The van der Waals surface area contributed by atoms with E-state index < -0.39 is 6.10 Å². The topological polar surface area (TPSA) is 48.4 Å². The largest absolute Gasteiger partial charge is 0.497 e. The molecule has 0 bridgehead atoms. The smallest absolute Gasteiger partial charge is 0.307 e. The highest BCUT2D eigenvalue weighted by Gasteiger charge is 2.18. The summed E-state index contributed by atoms with van der Waals surface area (Å²) in [5, 5.41) is 0. The summed E-state index contributed by atoms with van der Waals surface area (Å²) in [6, 6.07) is 21.2. The Kier molecular flexibility index (Phi) is 5.99. The molecule has 0 fully saturated rings. The third-order valence-electron chi connectivity index (χ3n) is 4.11. The number of pyridine rings is 1. The molecule has 0 saturated carbocycles. The highest BCUT2D eigenvalue weighted by molar-refractivity contribution is 5.70. The number of esters is 1. The molecule has 1 unspecified atom stereocenters. The minimum atomic E-state index is -0.433. The molecule has 3 rings (SSSR count). The van der Waals surface area contributed by atoms with E-state index in [0.717, 1.165) is 22.4 Å². The zero-order chi connectivity index (χ0) is 18.2. The second kappa shape index (κ2) is 8.81. The molecule has 3 aromatic rings. The lowest BCUT2D eigenvalue weighted by molar-refractivity contribution is -0.147. The molecule has 132 valence electrons. The van der Waals surface area contributed by atoms with Crippen molar-refractivity contribution in [1.82, 2.24) is 4.98 Å². The number of benzene rings is 2. The number of aryl methyl sites for hydroxylation is 1. The molecular formula is C22H21NO3. The van der Waals surface area contributed by atoms with Gasteiger partial charge in [-0.3, -0.25) is 9.78 Å². The van der Waals surface area contributed by atoms with E-state index in [-0.39, 0.29) is 5.97 Å². The molecular weight excluding hydrogens is 326 g/mol. The van der Waals surface area contributed by atoms with E-state index in [1.807, 2.05) is 66.7 Å². The average Bonchev–Trinajstić information content (AvgIpc) is 2.72. The Hall–Kier alpha value is -3.14. The lowest BCUT2D eigenvalue weighted by Gasteiger charge is -2.19. The van der Waals surface area contributed by atoms with Crippen molar-refractivity contribution in [3.8, 4) is 5.75 Å². The van der Waals surface area contributed by atoms with Crippen molar-refractivity contribution in [3.05, 3.63) is 95.8 Å². The molecule has 1 aromatic heterocycles. The van der Waals surface area contributed by atoms with Crippen LogP contribution >= 0.6 is 0 Å². The molecule has 0 saturated heterocycles. The summed E-state index contributed by atoms with van der Waals surface area (Å²) in [4.78, 5) is 16.5. The van der Waals surface area contributed by atoms with E-state index >= 15 is 0 Å². The molecule has 4 heteroatoms. The van der Waals surface area contributed by atoms with Crippen molar-refractivity contribution >= 4 is 5.97 Å². The lowest BCUT2D eigenvalue weighted by atomic mass is 10.0. The summed E-state index contributed by atoms with van der Waals surface area (Å²) in [6.07, 6.45) is 3.89. The Morgan fingerprint density at radius 1 is 0.962 bits per heavy atom. The van der Waals surface area contributed by atoms with Gasteiger partial charge in [0.2, 0.25) is 0 Å². The number of carbonyl (C=O) groups excluding carboxylic acids is 1. The molecule has 0 spiro atoms. The quantitative estimate of drug-likeness (QED) is 0.596. The number of hydrogen-bond donors (Lipinski definition) is 0.